The van der Waals surface area contributed by atoms with Crippen molar-refractivity contribution in [1.29, 1.82) is 0 Å². The minimum absolute atomic E-state index is 0.0794. The molecule has 1 heterocycles. The molecule has 2 N–H and O–H groups in total. The van der Waals surface area contributed by atoms with E-state index in [1.165, 1.54) is 6.26 Å². The number of nitrogens with zero attached hydrogens (tertiary/aromatic N) is 1. The number of amides is 1. The molecular formula is C12H17ClN2O2. The molecule has 1 saturated carbocycles. The van der Waals surface area contributed by atoms with Crippen molar-refractivity contribution in [1.82, 2.24) is 4.90 Å². The van der Waals surface area contributed by atoms with E-state index in [1.807, 2.05) is 7.05 Å². The molecule has 0 unspecified atom stereocenters. The van der Waals surface area contributed by atoms with Crippen LogP contribution in [0.4, 0.5) is 0 Å². The molecule has 0 spiro atoms. The van der Waals surface area contributed by atoms with E-state index in [0.29, 0.717) is 5.56 Å². The number of hydrogen-bond acceptors (Lipinski definition) is 3. The Kier molecular flexibility index (Phi) is 3.74. The number of hydrogen-bond donors (Lipinski definition) is 1. The van der Waals surface area contributed by atoms with Crippen molar-refractivity contribution in [2.75, 3.05) is 7.05 Å². The van der Waals surface area contributed by atoms with E-state index in [4.69, 9.17) is 21.8 Å². The minimum atomic E-state index is -0.0794. The van der Waals surface area contributed by atoms with Crippen molar-refractivity contribution in [2.24, 2.45) is 5.73 Å². The van der Waals surface area contributed by atoms with Crippen LogP contribution in [0.3, 0.4) is 0 Å². The highest BCUT2D eigenvalue weighted by Crippen LogP contribution is 2.24. The van der Waals surface area contributed by atoms with Gasteiger partial charge in [0.2, 0.25) is 5.22 Å². The van der Waals surface area contributed by atoms with Gasteiger partial charge in [0.05, 0.1) is 11.8 Å². The summed E-state index contributed by atoms with van der Waals surface area (Å²) in [4.78, 5) is 13.9. The molecule has 1 fully saturated rings. The van der Waals surface area contributed by atoms with Crippen LogP contribution in [0.2, 0.25) is 5.22 Å². The smallest absolute Gasteiger partial charge is 0.258 e. The predicted octanol–water partition coefficient (Wildman–Crippen LogP) is 2.27. The number of furan rings is 1. The van der Waals surface area contributed by atoms with Gasteiger partial charge in [-0.15, -0.1) is 0 Å². The Hall–Kier alpha value is -1.00. The number of carbonyl (C=O) groups is 1. The van der Waals surface area contributed by atoms with E-state index < -0.39 is 0 Å². The Labute approximate surface area is 106 Å². The van der Waals surface area contributed by atoms with Gasteiger partial charge in [0.15, 0.2) is 0 Å². The Morgan fingerprint density at radius 2 is 2.12 bits per heavy atom. The maximum Gasteiger partial charge on any atom is 0.258 e. The van der Waals surface area contributed by atoms with Crippen molar-refractivity contribution >= 4 is 17.5 Å². The molecule has 17 heavy (non-hydrogen) atoms. The van der Waals surface area contributed by atoms with Gasteiger partial charge in [-0.05, 0) is 43.4 Å². The Morgan fingerprint density at radius 3 is 2.65 bits per heavy atom. The van der Waals surface area contributed by atoms with Crippen molar-refractivity contribution in [3.05, 3.63) is 23.1 Å². The lowest BCUT2D eigenvalue weighted by atomic mass is 9.91. The lowest BCUT2D eigenvalue weighted by Crippen LogP contribution is -2.41. The molecule has 1 aromatic rings. The second-order valence-corrected chi connectivity index (χ2v) is 4.94. The maximum absolute atomic E-state index is 12.2. The molecular weight excluding hydrogens is 240 g/mol. The van der Waals surface area contributed by atoms with E-state index in [1.54, 1.807) is 11.0 Å². The van der Waals surface area contributed by atoms with E-state index >= 15 is 0 Å². The summed E-state index contributed by atoms with van der Waals surface area (Å²) in [6.07, 6.45) is 5.29. The number of nitrogens with two attached hydrogens (primary N) is 1. The summed E-state index contributed by atoms with van der Waals surface area (Å²) in [7, 11) is 1.81. The number of carbonyl (C=O) groups excluding carboxylic acids is 1. The zero-order valence-corrected chi connectivity index (χ0v) is 10.6. The lowest BCUT2D eigenvalue weighted by molar-refractivity contribution is 0.0689. The molecule has 1 amide bonds. The molecule has 0 bridgehead atoms. The first kappa shape index (κ1) is 12.5. The molecule has 1 aromatic heterocycles. The van der Waals surface area contributed by atoms with Crippen molar-refractivity contribution in [2.45, 2.75) is 37.8 Å². The first-order valence-corrected chi connectivity index (χ1v) is 6.23. The summed E-state index contributed by atoms with van der Waals surface area (Å²) in [6, 6.07) is 2.15. The molecule has 94 valence electrons. The van der Waals surface area contributed by atoms with E-state index in [-0.39, 0.29) is 23.2 Å². The molecule has 1 aliphatic carbocycles. The van der Waals surface area contributed by atoms with Crippen LogP contribution in [0.25, 0.3) is 0 Å². The van der Waals surface area contributed by atoms with Crippen LogP contribution < -0.4 is 5.73 Å². The molecule has 2 rings (SSSR count). The van der Waals surface area contributed by atoms with Crippen LogP contribution in [0, 0.1) is 0 Å². The summed E-state index contributed by atoms with van der Waals surface area (Å²) in [5.41, 5.74) is 6.29. The molecule has 5 heteroatoms. The third-order valence-electron chi connectivity index (χ3n) is 3.46. The summed E-state index contributed by atoms with van der Waals surface area (Å²) in [6.45, 7) is 0. The first-order chi connectivity index (χ1) is 8.09. The summed E-state index contributed by atoms with van der Waals surface area (Å²) in [5.74, 6) is -0.0794. The molecule has 1 aliphatic rings. The topological polar surface area (TPSA) is 59.5 Å². The highest BCUT2D eigenvalue weighted by atomic mass is 35.5. The lowest BCUT2D eigenvalue weighted by Gasteiger charge is -2.33. The van der Waals surface area contributed by atoms with Crippen LogP contribution in [0.1, 0.15) is 36.0 Å². The summed E-state index contributed by atoms with van der Waals surface area (Å²) >= 11 is 5.81. The van der Waals surface area contributed by atoms with E-state index in [2.05, 4.69) is 0 Å². The quantitative estimate of drug-likeness (QED) is 0.883. The normalized spacial score (nSPS) is 24.6. The molecule has 0 saturated heterocycles. The van der Waals surface area contributed by atoms with Crippen molar-refractivity contribution in [3.63, 3.8) is 0 Å². The second-order valence-electron chi connectivity index (χ2n) is 4.59. The van der Waals surface area contributed by atoms with Crippen LogP contribution in [-0.4, -0.2) is 29.9 Å². The first-order valence-electron chi connectivity index (χ1n) is 5.85. The average molecular weight is 257 g/mol. The fourth-order valence-electron chi connectivity index (χ4n) is 2.29. The number of rotatable bonds is 2. The Balaban J connectivity index is 2.03. The van der Waals surface area contributed by atoms with Gasteiger partial charge in [0, 0.05) is 19.1 Å². The monoisotopic (exact) mass is 256 g/mol. The van der Waals surface area contributed by atoms with Gasteiger partial charge in [-0.25, -0.2) is 0 Å². The predicted molar refractivity (Wildman–Crippen MR) is 66.0 cm³/mol. The Bertz CT molecular complexity index is 397. The molecule has 0 aromatic carbocycles. The third kappa shape index (κ3) is 2.64. The van der Waals surface area contributed by atoms with Crippen LogP contribution in [0.5, 0.6) is 0 Å². The number of halogens is 1. The van der Waals surface area contributed by atoms with Crippen molar-refractivity contribution < 1.29 is 9.21 Å². The van der Waals surface area contributed by atoms with Gasteiger partial charge in [-0.2, -0.15) is 0 Å². The van der Waals surface area contributed by atoms with Gasteiger partial charge in [-0.3, -0.25) is 4.79 Å². The van der Waals surface area contributed by atoms with Gasteiger partial charge >= 0.3 is 0 Å². The standard InChI is InChI=1S/C12H17ClN2O2/c1-15(9-4-2-8(14)3-5-9)12(16)10-6-7-17-11(10)13/h6-9H,2-5,14H2,1H3. The molecule has 0 aliphatic heterocycles. The molecule has 0 radical (unpaired) electrons. The van der Waals surface area contributed by atoms with Crippen LogP contribution in [-0.2, 0) is 0 Å². The molecule has 4 nitrogen and oxygen atoms in total. The van der Waals surface area contributed by atoms with Gasteiger partial charge < -0.3 is 15.1 Å². The van der Waals surface area contributed by atoms with E-state index in [0.717, 1.165) is 25.7 Å². The highest BCUT2D eigenvalue weighted by molar-refractivity contribution is 6.32. The van der Waals surface area contributed by atoms with Gasteiger partial charge in [0.25, 0.3) is 5.91 Å². The van der Waals surface area contributed by atoms with Gasteiger partial charge in [-0.1, -0.05) is 0 Å². The van der Waals surface area contributed by atoms with Crippen LogP contribution >= 0.6 is 11.6 Å². The highest BCUT2D eigenvalue weighted by Gasteiger charge is 2.27. The van der Waals surface area contributed by atoms with Crippen LogP contribution in [0.15, 0.2) is 16.7 Å². The fourth-order valence-corrected chi connectivity index (χ4v) is 2.49. The minimum Gasteiger partial charge on any atom is -0.452 e. The summed E-state index contributed by atoms with van der Waals surface area (Å²) in [5, 5.41) is 0.161. The largest absolute Gasteiger partial charge is 0.452 e. The zero-order chi connectivity index (χ0) is 12.4. The van der Waals surface area contributed by atoms with Gasteiger partial charge in [0.1, 0.15) is 0 Å². The maximum atomic E-state index is 12.2. The van der Waals surface area contributed by atoms with E-state index in [9.17, 15) is 4.79 Å². The SMILES string of the molecule is CN(C(=O)c1ccoc1Cl)C1CCC(N)CC1. The Morgan fingerprint density at radius 1 is 1.47 bits per heavy atom. The second kappa shape index (κ2) is 5.10. The summed E-state index contributed by atoms with van der Waals surface area (Å²) < 4.78 is 4.94. The third-order valence-corrected chi connectivity index (χ3v) is 3.75. The fraction of sp³-hybridized carbons (Fsp3) is 0.583. The zero-order valence-electron chi connectivity index (χ0n) is 9.86. The average Bonchev–Trinajstić information content (AvgIpc) is 2.74. The van der Waals surface area contributed by atoms with Crippen molar-refractivity contribution in [3.8, 4) is 0 Å². The molecule has 0 atom stereocenters.